The monoisotopic (exact) mass is 340 g/mol. The van der Waals surface area contributed by atoms with E-state index in [4.69, 9.17) is 4.74 Å². The van der Waals surface area contributed by atoms with Crippen LogP contribution in [-0.2, 0) is 4.79 Å². The predicted molar refractivity (Wildman–Crippen MR) is 100 cm³/mol. The van der Waals surface area contributed by atoms with Gasteiger partial charge in [0.1, 0.15) is 5.75 Å². The van der Waals surface area contributed by atoms with Crippen molar-refractivity contribution < 1.29 is 14.3 Å². The van der Waals surface area contributed by atoms with Crippen LogP contribution in [0.3, 0.4) is 0 Å². The molecule has 0 aliphatic carbocycles. The summed E-state index contributed by atoms with van der Waals surface area (Å²) >= 11 is 0. The molecular formula is C20H24N2O3. The zero-order valence-electron chi connectivity index (χ0n) is 15.1. The Hall–Kier alpha value is -2.82. The van der Waals surface area contributed by atoms with Gasteiger partial charge in [-0.05, 0) is 36.2 Å². The van der Waals surface area contributed by atoms with Crippen LogP contribution < -0.4 is 15.0 Å². The normalized spacial score (nSPS) is 10.4. The summed E-state index contributed by atoms with van der Waals surface area (Å²) < 4.78 is 5.74. The number of carbonyl (C=O) groups is 2. The maximum Gasteiger partial charge on any atom is 0.259 e. The first-order valence-electron chi connectivity index (χ1n) is 8.26. The molecule has 5 nitrogen and oxygen atoms in total. The lowest BCUT2D eigenvalue weighted by molar-refractivity contribution is -0.116. The number of nitrogens with zero attached hydrogens (tertiary/aromatic N) is 1. The molecule has 0 aromatic heterocycles. The standard InChI is InChI=1S/C20H24N2O3/c1-14(2)13-25-19-11-6-5-10-18(19)20(24)21-16-8-7-9-17(12-16)22(4)15(3)23/h5-12,14H,13H2,1-4H3,(H,21,24). The molecule has 0 unspecified atom stereocenters. The minimum atomic E-state index is -0.248. The minimum absolute atomic E-state index is 0.0732. The molecule has 25 heavy (non-hydrogen) atoms. The third kappa shape index (κ3) is 5.08. The third-order valence-electron chi connectivity index (χ3n) is 3.67. The molecule has 2 amide bonds. The Bertz CT molecular complexity index is 756. The van der Waals surface area contributed by atoms with Gasteiger partial charge >= 0.3 is 0 Å². The van der Waals surface area contributed by atoms with Crippen molar-refractivity contribution in [1.82, 2.24) is 0 Å². The topological polar surface area (TPSA) is 58.6 Å². The third-order valence-corrected chi connectivity index (χ3v) is 3.67. The van der Waals surface area contributed by atoms with Crippen molar-refractivity contribution >= 4 is 23.2 Å². The van der Waals surface area contributed by atoms with E-state index in [2.05, 4.69) is 19.2 Å². The quantitative estimate of drug-likeness (QED) is 0.866. The van der Waals surface area contributed by atoms with Gasteiger partial charge < -0.3 is 15.0 Å². The molecule has 0 heterocycles. The summed E-state index contributed by atoms with van der Waals surface area (Å²) in [4.78, 5) is 25.6. The second-order valence-electron chi connectivity index (χ2n) is 6.28. The fourth-order valence-corrected chi connectivity index (χ4v) is 2.21. The zero-order valence-corrected chi connectivity index (χ0v) is 15.1. The van der Waals surface area contributed by atoms with Gasteiger partial charge in [-0.3, -0.25) is 9.59 Å². The first-order valence-corrected chi connectivity index (χ1v) is 8.26. The van der Waals surface area contributed by atoms with Crippen molar-refractivity contribution in [2.45, 2.75) is 20.8 Å². The second-order valence-corrected chi connectivity index (χ2v) is 6.28. The molecule has 0 bridgehead atoms. The van der Waals surface area contributed by atoms with Gasteiger partial charge in [0.05, 0.1) is 12.2 Å². The highest BCUT2D eigenvalue weighted by Gasteiger charge is 2.14. The van der Waals surface area contributed by atoms with Crippen LogP contribution in [0.4, 0.5) is 11.4 Å². The number of hydrogen-bond donors (Lipinski definition) is 1. The number of amides is 2. The average molecular weight is 340 g/mol. The fourth-order valence-electron chi connectivity index (χ4n) is 2.21. The SMILES string of the molecule is CC(=O)N(C)c1cccc(NC(=O)c2ccccc2OCC(C)C)c1. The lowest BCUT2D eigenvalue weighted by Gasteiger charge is -2.17. The molecule has 0 aliphatic heterocycles. The average Bonchev–Trinajstić information content (AvgIpc) is 2.59. The Balaban J connectivity index is 2.18. The molecule has 0 atom stereocenters. The number of nitrogens with one attached hydrogen (secondary N) is 1. The lowest BCUT2D eigenvalue weighted by atomic mass is 10.1. The van der Waals surface area contributed by atoms with Crippen LogP contribution in [0.25, 0.3) is 0 Å². The highest BCUT2D eigenvalue weighted by atomic mass is 16.5. The molecule has 0 saturated carbocycles. The number of carbonyl (C=O) groups excluding carboxylic acids is 2. The summed E-state index contributed by atoms with van der Waals surface area (Å²) in [5.74, 6) is 0.610. The van der Waals surface area contributed by atoms with Gasteiger partial charge in [0.2, 0.25) is 5.91 Å². The van der Waals surface area contributed by atoms with Crippen LogP contribution in [0, 0.1) is 5.92 Å². The van der Waals surface area contributed by atoms with Crippen molar-refractivity contribution in [3.63, 3.8) is 0 Å². The second kappa shape index (κ2) is 8.33. The summed E-state index contributed by atoms with van der Waals surface area (Å²) in [6, 6.07) is 14.3. The molecule has 0 radical (unpaired) electrons. The molecule has 0 aliphatic rings. The molecule has 2 aromatic carbocycles. The fraction of sp³-hybridized carbons (Fsp3) is 0.300. The van der Waals surface area contributed by atoms with E-state index in [1.54, 1.807) is 43.4 Å². The van der Waals surface area contributed by atoms with Gasteiger partial charge in [-0.2, -0.15) is 0 Å². The molecule has 0 fully saturated rings. The first kappa shape index (κ1) is 18.5. The van der Waals surface area contributed by atoms with E-state index >= 15 is 0 Å². The first-order chi connectivity index (χ1) is 11.9. The van der Waals surface area contributed by atoms with Crippen molar-refractivity contribution in [1.29, 1.82) is 0 Å². The van der Waals surface area contributed by atoms with Crippen molar-refractivity contribution in [2.75, 3.05) is 23.9 Å². The molecular weight excluding hydrogens is 316 g/mol. The number of rotatable bonds is 6. The predicted octanol–water partition coefficient (Wildman–Crippen LogP) is 3.96. The van der Waals surface area contributed by atoms with Crippen LogP contribution in [0.15, 0.2) is 48.5 Å². The summed E-state index contributed by atoms with van der Waals surface area (Å²) in [5, 5.41) is 2.86. The van der Waals surface area contributed by atoms with E-state index in [1.807, 2.05) is 12.1 Å². The van der Waals surface area contributed by atoms with Crippen LogP contribution in [0.2, 0.25) is 0 Å². The van der Waals surface area contributed by atoms with E-state index in [1.165, 1.54) is 11.8 Å². The van der Waals surface area contributed by atoms with E-state index in [0.717, 1.165) is 5.69 Å². The number of benzene rings is 2. The van der Waals surface area contributed by atoms with Crippen molar-refractivity contribution in [2.24, 2.45) is 5.92 Å². The zero-order chi connectivity index (χ0) is 18.4. The summed E-state index contributed by atoms with van der Waals surface area (Å²) in [6.07, 6.45) is 0. The molecule has 132 valence electrons. The summed E-state index contributed by atoms with van der Waals surface area (Å²) in [6.45, 7) is 6.15. The van der Waals surface area contributed by atoms with Crippen molar-refractivity contribution in [3.8, 4) is 5.75 Å². The molecule has 0 spiro atoms. The smallest absolute Gasteiger partial charge is 0.259 e. The molecule has 1 N–H and O–H groups in total. The van der Waals surface area contributed by atoms with E-state index in [9.17, 15) is 9.59 Å². The van der Waals surface area contributed by atoms with Gasteiger partial charge in [0, 0.05) is 25.3 Å². The van der Waals surface area contributed by atoms with Gasteiger partial charge in [-0.25, -0.2) is 0 Å². The number of para-hydroxylation sites is 1. The Labute approximate surface area is 148 Å². The Morgan fingerprint density at radius 1 is 1.12 bits per heavy atom. The van der Waals surface area contributed by atoms with Gasteiger partial charge in [0.25, 0.3) is 5.91 Å². The van der Waals surface area contributed by atoms with E-state index in [-0.39, 0.29) is 11.8 Å². The largest absolute Gasteiger partial charge is 0.492 e. The summed E-state index contributed by atoms with van der Waals surface area (Å²) in [5.41, 5.74) is 1.82. The van der Waals surface area contributed by atoms with Crippen LogP contribution >= 0.6 is 0 Å². The lowest BCUT2D eigenvalue weighted by Crippen LogP contribution is -2.23. The Kier molecular flexibility index (Phi) is 6.17. The number of ether oxygens (including phenoxy) is 1. The van der Waals surface area contributed by atoms with Crippen LogP contribution in [0.5, 0.6) is 5.75 Å². The van der Waals surface area contributed by atoms with Crippen molar-refractivity contribution in [3.05, 3.63) is 54.1 Å². The maximum atomic E-state index is 12.6. The molecule has 0 saturated heterocycles. The Morgan fingerprint density at radius 2 is 1.84 bits per heavy atom. The van der Waals surface area contributed by atoms with Crippen LogP contribution in [0.1, 0.15) is 31.1 Å². The van der Waals surface area contributed by atoms with E-state index in [0.29, 0.717) is 29.5 Å². The van der Waals surface area contributed by atoms with E-state index < -0.39 is 0 Å². The molecule has 5 heteroatoms. The minimum Gasteiger partial charge on any atom is -0.492 e. The summed E-state index contributed by atoms with van der Waals surface area (Å²) in [7, 11) is 1.69. The number of anilines is 2. The van der Waals surface area contributed by atoms with Gasteiger partial charge in [0.15, 0.2) is 0 Å². The van der Waals surface area contributed by atoms with Gasteiger partial charge in [-0.1, -0.05) is 32.0 Å². The molecule has 2 rings (SSSR count). The van der Waals surface area contributed by atoms with Crippen LogP contribution in [-0.4, -0.2) is 25.5 Å². The highest BCUT2D eigenvalue weighted by molar-refractivity contribution is 6.06. The Morgan fingerprint density at radius 3 is 2.52 bits per heavy atom. The maximum absolute atomic E-state index is 12.6. The van der Waals surface area contributed by atoms with Gasteiger partial charge in [-0.15, -0.1) is 0 Å². The highest BCUT2D eigenvalue weighted by Crippen LogP contribution is 2.22. The number of hydrogen-bond acceptors (Lipinski definition) is 3. The molecule has 2 aromatic rings.